The van der Waals surface area contributed by atoms with Crippen LogP contribution in [0, 0.1) is 12.3 Å². The lowest BCUT2D eigenvalue weighted by molar-refractivity contribution is 0.0998. The van der Waals surface area contributed by atoms with Gasteiger partial charge in [-0.2, -0.15) is 4.99 Å². The van der Waals surface area contributed by atoms with Gasteiger partial charge >= 0.3 is 0 Å². The normalized spacial score (nSPS) is 11.5. The summed E-state index contributed by atoms with van der Waals surface area (Å²) in [5.41, 5.74) is 1.39. The number of amides is 1. The van der Waals surface area contributed by atoms with Crippen molar-refractivity contribution in [2.75, 3.05) is 7.11 Å². The fourth-order valence-corrected chi connectivity index (χ4v) is 3.57. The maximum Gasteiger partial charge on any atom is 0.279 e. The number of aromatic nitrogens is 1. The van der Waals surface area contributed by atoms with E-state index in [9.17, 15) is 4.79 Å². The number of carbonyl (C=O) groups is 1. The Bertz CT molecular complexity index is 1010. The Balaban J connectivity index is 2.09. The molecule has 1 aromatic heterocycles. The van der Waals surface area contributed by atoms with E-state index in [4.69, 9.17) is 22.8 Å². The van der Waals surface area contributed by atoms with Crippen LogP contribution in [0.3, 0.4) is 0 Å². The first-order valence-corrected chi connectivity index (χ1v) is 8.27. The van der Waals surface area contributed by atoms with E-state index in [0.29, 0.717) is 27.7 Å². The largest absolute Gasteiger partial charge is 0.497 e. The lowest BCUT2D eigenvalue weighted by Gasteiger charge is -2.01. The van der Waals surface area contributed by atoms with Crippen molar-refractivity contribution in [2.24, 2.45) is 4.99 Å². The Kier molecular flexibility index (Phi) is 4.70. The molecule has 0 aliphatic heterocycles. The van der Waals surface area contributed by atoms with E-state index in [-0.39, 0.29) is 5.91 Å². The summed E-state index contributed by atoms with van der Waals surface area (Å²) in [4.78, 5) is 17.2. The molecule has 0 fully saturated rings. The van der Waals surface area contributed by atoms with Gasteiger partial charge < -0.3 is 9.30 Å². The van der Waals surface area contributed by atoms with Crippen molar-refractivity contribution in [2.45, 2.75) is 6.54 Å². The number of thiazole rings is 1. The van der Waals surface area contributed by atoms with E-state index in [1.807, 2.05) is 16.7 Å². The third-order valence-corrected chi connectivity index (χ3v) is 4.70. The van der Waals surface area contributed by atoms with Crippen molar-refractivity contribution < 1.29 is 9.53 Å². The zero-order valence-corrected chi connectivity index (χ0v) is 14.4. The molecule has 0 N–H and O–H groups in total. The predicted molar refractivity (Wildman–Crippen MR) is 96.5 cm³/mol. The summed E-state index contributed by atoms with van der Waals surface area (Å²) in [7, 11) is 1.58. The Morgan fingerprint density at radius 1 is 1.33 bits per heavy atom. The Hall–Kier alpha value is -2.55. The molecule has 0 aliphatic carbocycles. The molecule has 3 aromatic rings. The highest BCUT2D eigenvalue weighted by Crippen LogP contribution is 2.22. The molecule has 1 amide bonds. The average molecular weight is 357 g/mol. The van der Waals surface area contributed by atoms with Crippen LogP contribution in [0.1, 0.15) is 10.4 Å². The zero-order chi connectivity index (χ0) is 17.1. The minimum absolute atomic E-state index is 0.330. The highest BCUT2D eigenvalue weighted by Gasteiger charge is 2.09. The summed E-state index contributed by atoms with van der Waals surface area (Å²) in [6.07, 6.45) is 5.45. The van der Waals surface area contributed by atoms with Crippen molar-refractivity contribution in [1.82, 2.24) is 4.57 Å². The van der Waals surface area contributed by atoms with Gasteiger partial charge in [0.05, 0.1) is 23.9 Å². The van der Waals surface area contributed by atoms with E-state index in [1.165, 1.54) is 11.3 Å². The monoisotopic (exact) mass is 356 g/mol. The van der Waals surface area contributed by atoms with Crippen molar-refractivity contribution >= 4 is 39.1 Å². The fourth-order valence-electron chi connectivity index (χ4n) is 2.26. The molecule has 4 nitrogen and oxygen atoms in total. The highest BCUT2D eigenvalue weighted by molar-refractivity contribution is 7.16. The van der Waals surface area contributed by atoms with Crippen LogP contribution in [-0.4, -0.2) is 17.6 Å². The topological polar surface area (TPSA) is 43.6 Å². The van der Waals surface area contributed by atoms with E-state index in [0.717, 1.165) is 10.2 Å². The van der Waals surface area contributed by atoms with Gasteiger partial charge in [-0.15, -0.1) is 6.42 Å². The van der Waals surface area contributed by atoms with E-state index < -0.39 is 0 Å². The second kappa shape index (κ2) is 6.91. The third-order valence-electron chi connectivity index (χ3n) is 3.43. The minimum atomic E-state index is -0.332. The third kappa shape index (κ3) is 3.21. The molecule has 120 valence electrons. The van der Waals surface area contributed by atoms with Crippen molar-refractivity contribution in [3.8, 4) is 18.1 Å². The van der Waals surface area contributed by atoms with Crippen LogP contribution >= 0.6 is 22.9 Å². The van der Waals surface area contributed by atoms with Crippen LogP contribution in [0.4, 0.5) is 0 Å². The first-order chi connectivity index (χ1) is 11.6. The van der Waals surface area contributed by atoms with Crippen LogP contribution in [0.15, 0.2) is 47.5 Å². The number of hydrogen-bond donors (Lipinski definition) is 0. The van der Waals surface area contributed by atoms with Crippen LogP contribution in [0.25, 0.3) is 10.2 Å². The number of terminal acetylenes is 1. The SMILES string of the molecule is C#CCn1c(=NC(=O)c2ccc(OC)cc2)sc2cc(Cl)ccc21. The van der Waals surface area contributed by atoms with Gasteiger partial charge in [-0.05, 0) is 42.5 Å². The summed E-state index contributed by atoms with van der Waals surface area (Å²) in [6.45, 7) is 0.330. The predicted octanol–water partition coefficient (Wildman–Crippen LogP) is 3.74. The van der Waals surface area contributed by atoms with Crippen molar-refractivity contribution in [3.63, 3.8) is 0 Å². The molecule has 0 saturated carbocycles. The highest BCUT2D eigenvalue weighted by atomic mass is 35.5. The summed E-state index contributed by atoms with van der Waals surface area (Å²) in [5, 5.41) is 0.629. The van der Waals surface area contributed by atoms with Crippen LogP contribution in [-0.2, 0) is 6.54 Å². The first-order valence-electron chi connectivity index (χ1n) is 7.08. The Morgan fingerprint density at radius 3 is 2.75 bits per heavy atom. The fraction of sp³-hybridized carbons (Fsp3) is 0.111. The molecule has 24 heavy (non-hydrogen) atoms. The standard InChI is InChI=1S/C18H13ClN2O2S/c1-3-10-21-15-9-6-13(19)11-16(15)24-18(21)20-17(22)12-4-7-14(23-2)8-5-12/h1,4-9,11H,10H2,2H3. The second-order valence-electron chi connectivity index (χ2n) is 4.93. The van der Waals surface area contributed by atoms with Gasteiger partial charge in [0.1, 0.15) is 5.75 Å². The van der Waals surface area contributed by atoms with Gasteiger partial charge in [0.15, 0.2) is 4.80 Å². The molecule has 0 aliphatic rings. The Morgan fingerprint density at radius 2 is 2.08 bits per heavy atom. The van der Waals surface area contributed by atoms with Crippen molar-refractivity contribution in [1.29, 1.82) is 0 Å². The molecule has 1 heterocycles. The number of ether oxygens (including phenoxy) is 1. The van der Waals surface area contributed by atoms with Crippen LogP contribution < -0.4 is 9.54 Å². The summed E-state index contributed by atoms with van der Waals surface area (Å²) >= 11 is 7.41. The van der Waals surface area contributed by atoms with Gasteiger partial charge in [-0.25, -0.2) is 0 Å². The van der Waals surface area contributed by atoms with Gasteiger partial charge in [0.25, 0.3) is 5.91 Å². The average Bonchev–Trinajstić information content (AvgIpc) is 2.91. The lowest BCUT2D eigenvalue weighted by atomic mass is 10.2. The molecular formula is C18H13ClN2O2S. The summed E-state index contributed by atoms with van der Waals surface area (Å²) in [5.74, 6) is 2.95. The van der Waals surface area contributed by atoms with Gasteiger partial charge in [0, 0.05) is 10.6 Å². The molecule has 6 heteroatoms. The van der Waals surface area contributed by atoms with Gasteiger partial charge in [-0.1, -0.05) is 28.9 Å². The summed E-state index contributed by atoms with van der Waals surface area (Å²) in [6, 6.07) is 12.3. The lowest BCUT2D eigenvalue weighted by Crippen LogP contribution is -2.16. The van der Waals surface area contributed by atoms with E-state index in [2.05, 4.69) is 10.9 Å². The Labute approximate surface area is 148 Å². The molecule has 0 saturated heterocycles. The number of rotatable bonds is 3. The van der Waals surface area contributed by atoms with Crippen LogP contribution in [0.5, 0.6) is 5.75 Å². The maximum atomic E-state index is 12.4. The smallest absolute Gasteiger partial charge is 0.279 e. The number of hydrogen-bond acceptors (Lipinski definition) is 3. The molecule has 0 bridgehead atoms. The van der Waals surface area contributed by atoms with Crippen molar-refractivity contribution in [3.05, 3.63) is 57.9 Å². The second-order valence-corrected chi connectivity index (χ2v) is 6.38. The summed E-state index contributed by atoms with van der Waals surface area (Å²) < 4.78 is 7.85. The molecule has 0 unspecified atom stereocenters. The van der Waals surface area contributed by atoms with Gasteiger partial charge in [-0.3, -0.25) is 4.79 Å². The number of methoxy groups -OCH3 is 1. The molecule has 3 rings (SSSR count). The molecule has 0 spiro atoms. The number of carbonyl (C=O) groups excluding carboxylic acids is 1. The number of nitrogens with zero attached hydrogens (tertiary/aromatic N) is 2. The minimum Gasteiger partial charge on any atom is -0.497 e. The van der Waals surface area contributed by atoms with E-state index in [1.54, 1.807) is 37.4 Å². The molecule has 0 radical (unpaired) electrons. The number of halogens is 1. The first kappa shape index (κ1) is 16.3. The quantitative estimate of drug-likeness (QED) is 0.671. The number of fused-ring (bicyclic) bond motifs is 1. The number of benzene rings is 2. The molecular weight excluding hydrogens is 344 g/mol. The van der Waals surface area contributed by atoms with Gasteiger partial charge in [0.2, 0.25) is 0 Å². The van der Waals surface area contributed by atoms with E-state index >= 15 is 0 Å². The molecule has 2 aromatic carbocycles. The van der Waals surface area contributed by atoms with Crippen LogP contribution in [0.2, 0.25) is 5.02 Å². The maximum absolute atomic E-state index is 12.4. The molecule has 0 atom stereocenters. The zero-order valence-electron chi connectivity index (χ0n) is 12.8.